The first-order valence-electron chi connectivity index (χ1n) is 12.1. The van der Waals surface area contributed by atoms with E-state index in [1.165, 1.54) is 11.4 Å². The summed E-state index contributed by atoms with van der Waals surface area (Å²) in [6, 6.07) is 15.2. The summed E-state index contributed by atoms with van der Waals surface area (Å²) in [6.45, 7) is 16.7. The fraction of sp³-hybridized carbons (Fsp3) is 0.500. The summed E-state index contributed by atoms with van der Waals surface area (Å²) in [7, 11) is -0.311. The van der Waals surface area contributed by atoms with Gasteiger partial charge in [-0.1, -0.05) is 26.0 Å². The van der Waals surface area contributed by atoms with Crippen LogP contribution >= 0.6 is 0 Å². The minimum atomic E-state index is -0.318. The zero-order valence-electron chi connectivity index (χ0n) is 20.7. The van der Waals surface area contributed by atoms with Gasteiger partial charge in [0.05, 0.1) is 22.2 Å². The number of rotatable bonds is 4. The summed E-state index contributed by atoms with van der Waals surface area (Å²) in [4.78, 5) is 13.1. The Hall–Kier alpha value is -2.51. The predicted molar refractivity (Wildman–Crippen MR) is 137 cm³/mol. The molecule has 0 radical (unpaired) electrons. The lowest BCUT2D eigenvalue weighted by Gasteiger charge is -2.37. The molecule has 1 N–H and O–H groups in total. The Kier molecular flexibility index (Phi) is 5.45. The van der Waals surface area contributed by atoms with Gasteiger partial charge in [-0.3, -0.25) is 0 Å². The van der Waals surface area contributed by atoms with Crippen molar-refractivity contribution in [2.75, 3.05) is 36.0 Å². The van der Waals surface area contributed by atoms with Crippen LogP contribution in [0.25, 0.3) is 11.0 Å². The molecule has 3 aromatic rings. The lowest BCUT2D eigenvalue weighted by Crippen LogP contribution is -2.46. The molecule has 2 aliphatic rings. The number of anilines is 2. The molecular formula is C26H35BN4O2. The number of aromatic nitrogens is 2. The molecule has 6 nitrogen and oxygen atoms in total. The highest BCUT2D eigenvalue weighted by molar-refractivity contribution is 6.62. The molecule has 2 fully saturated rings. The molecule has 33 heavy (non-hydrogen) atoms. The Morgan fingerprint density at radius 2 is 1.39 bits per heavy atom. The molecule has 1 aromatic heterocycles. The van der Waals surface area contributed by atoms with E-state index in [4.69, 9.17) is 14.3 Å². The number of piperazine rings is 1. The van der Waals surface area contributed by atoms with E-state index in [9.17, 15) is 0 Å². The summed E-state index contributed by atoms with van der Waals surface area (Å²) < 4.78 is 12.4. The van der Waals surface area contributed by atoms with Crippen LogP contribution in [0.15, 0.2) is 42.5 Å². The Balaban J connectivity index is 1.23. The number of hydrogen-bond donors (Lipinski definition) is 1. The van der Waals surface area contributed by atoms with Crippen molar-refractivity contribution in [1.29, 1.82) is 0 Å². The van der Waals surface area contributed by atoms with Gasteiger partial charge < -0.3 is 24.1 Å². The number of nitrogens with one attached hydrogen (secondary N) is 1. The van der Waals surface area contributed by atoms with E-state index in [0.717, 1.165) is 48.5 Å². The van der Waals surface area contributed by atoms with Gasteiger partial charge in [0.25, 0.3) is 0 Å². The summed E-state index contributed by atoms with van der Waals surface area (Å²) in [6.07, 6.45) is 0. The Bertz CT molecular complexity index is 1110. The number of aromatic amines is 1. The zero-order chi connectivity index (χ0) is 23.4. The van der Waals surface area contributed by atoms with Gasteiger partial charge in [0.1, 0.15) is 5.82 Å². The van der Waals surface area contributed by atoms with Gasteiger partial charge in [0.15, 0.2) is 0 Å². The molecule has 0 atom stereocenters. The van der Waals surface area contributed by atoms with E-state index in [1.807, 2.05) is 0 Å². The van der Waals surface area contributed by atoms with E-state index in [1.54, 1.807) is 0 Å². The Labute approximate surface area is 197 Å². The molecule has 2 aromatic carbocycles. The summed E-state index contributed by atoms with van der Waals surface area (Å²) in [5.74, 6) is 1.46. The zero-order valence-corrected chi connectivity index (χ0v) is 20.7. The second kappa shape index (κ2) is 8.06. The third-order valence-corrected chi connectivity index (χ3v) is 7.46. The molecule has 2 saturated heterocycles. The van der Waals surface area contributed by atoms with Crippen LogP contribution in [0.4, 0.5) is 11.4 Å². The number of benzene rings is 2. The number of hydrogen-bond acceptors (Lipinski definition) is 5. The van der Waals surface area contributed by atoms with Crippen molar-refractivity contribution in [3.05, 3.63) is 48.3 Å². The molecule has 7 heteroatoms. The van der Waals surface area contributed by atoms with Crippen LogP contribution in [0, 0.1) is 0 Å². The molecule has 0 unspecified atom stereocenters. The minimum Gasteiger partial charge on any atom is -0.399 e. The number of nitrogens with zero attached hydrogens (tertiary/aromatic N) is 3. The molecule has 0 bridgehead atoms. The van der Waals surface area contributed by atoms with Gasteiger partial charge >= 0.3 is 7.12 Å². The van der Waals surface area contributed by atoms with Gasteiger partial charge in [-0.2, -0.15) is 0 Å². The topological polar surface area (TPSA) is 53.6 Å². The number of H-pyrrole nitrogens is 1. The largest absolute Gasteiger partial charge is 0.494 e. The second-order valence-electron chi connectivity index (χ2n) is 10.6. The highest BCUT2D eigenvalue weighted by atomic mass is 16.7. The highest BCUT2D eigenvalue weighted by Gasteiger charge is 2.51. The summed E-state index contributed by atoms with van der Waals surface area (Å²) in [5, 5.41) is 0. The molecule has 0 saturated carbocycles. The van der Waals surface area contributed by atoms with Crippen molar-refractivity contribution in [1.82, 2.24) is 9.97 Å². The molecule has 5 rings (SSSR count). The molecule has 174 valence electrons. The van der Waals surface area contributed by atoms with Crippen LogP contribution < -0.4 is 15.3 Å². The molecule has 0 aliphatic carbocycles. The van der Waals surface area contributed by atoms with E-state index < -0.39 is 0 Å². The molecule has 0 amide bonds. The quantitative estimate of drug-likeness (QED) is 0.606. The maximum Gasteiger partial charge on any atom is 0.494 e. The van der Waals surface area contributed by atoms with Crippen LogP contribution in [0.3, 0.4) is 0 Å². The van der Waals surface area contributed by atoms with Gasteiger partial charge in [-0.15, -0.1) is 0 Å². The lowest BCUT2D eigenvalue weighted by atomic mass is 9.79. The van der Waals surface area contributed by atoms with Crippen molar-refractivity contribution in [3.63, 3.8) is 0 Å². The molecule has 0 spiro atoms. The van der Waals surface area contributed by atoms with Crippen molar-refractivity contribution < 1.29 is 9.31 Å². The molecule has 2 aliphatic heterocycles. The molecular weight excluding hydrogens is 411 g/mol. The maximum absolute atomic E-state index is 6.19. The normalized spacial score (nSPS) is 20.3. The van der Waals surface area contributed by atoms with E-state index in [0.29, 0.717) is 5.92 Å². The third-order valence-electron chi connectivity index (χ3n) is 7.46. The fourth-order valence-electron chi connectivity index (χ4n) is 4.53. The first-order chi connectivity index (χ1) is 15.6. The minimum absolute atomic E-state index is 0.311. The average Bonchev–Trinajstić information content (AvgIpc) is 3.31. The van der Waals surface area contributed by atoms with Crippen molar-refractivity contribution in [2.24, 2.45) is 0 Å². The van der Waals surface area contributed by atoms with Gasteiger partial charge in [0, 0.05) is 43.5 Å². The van der Waals surface area contributed by atoms with Crippen LogP contribution in [0.1, 0.15) is 53.3 Å². The molecule has 3 heterocycles. The van der Waals surface area contributed by atoms with Crippen LogP contribution in [-0.4, -0.2) is 54.5 Å². The van der Waals surface area contributed by atoms with Crippen LogP contribution in [0.5, 0.6) is 0 Å². The van der Waals surface area contributed by atoms with Crippen molar-refractivity contribution in [2.45, 2.75) is 58.7 Å². The number of imidazole rings is 1. The Morgan fingerprint density at radius 1 is 0.848 bits per heavy atom. The SMILES string of the molecule is CC(C)c1nc2cc(N3CCN(c4ccc(B5OC(C)(C)C(C)(C)O5)cc4)CC3)ccc2[nH]1. The monoisotopic (exact) mass is 446 g/mol. The van der Waals surface area contributed by atoms with Gasteiger partial charge in [-0.25, -0.2) is 4.98 Å². The standard InChI is InChI=1S/C26H35BN4O2/c1-18(2)24-28-22-12-11-21(17-23(22)29-24)31-15-13-30(14-16-31)20-9-7-19(8-10-20)27-32-25(3,4)26(5,6)33-27/h7-12,17-18H,13-16H2,1-6H3,(H,28,29). The highest BCUT2D eigenvalue weighted by Crippen LogP contribution is 2.36. The lowest BCUT2D eigenvalue weighted by molar-refractivity contribution is 0.00578. The fourth-order valence-corrected chi connectivity index (χ4v) is 4.53. The van der Waals surface area contributed by atoms with Crippen molar-refractivity contribution >= 4 is 35.0 Å². The number of fused-ring (bicyclic) bond motifs is 1. The van der Waals surface area contributed by atoms with Gasteiger partial charge in [-0.05, 0) is 63.5 Å². The third kappa shape index (κ3) is 4.13. The first kappa shape index (κ1) is 22.3. The Morgan fingerprint density at radius 3 is 1.97 bits per heavy atom. The maximum atomic E-state index is 6.19. The van der Waals surface area contributed by atoms with Crippen molar-refractivity contribution in [3.8, 4) is 0 Å². The summed E-state index contributed by atoms with van der Waals surface area (Å²) in [5.41, 5.74) is 5.10. The van der Waals surface area contributed by atoms with Crippen LogP contribution in [0.2, 0.25) is 0 Å². The average molecular weight is 446 g/mol. The second-order valence-corrected chi connectivity index (χ2v) is 10.6. The summed E-state index contributed by atoms with van der Waals surface area (Å²) >= 11 is 0. The smallest absolute Gasteiger partial charge is 0.399 e. The van der Waals surface area contributed by atoms with Crippen LogP contribution in [-0.2, 0) is 9.31 Å². The van der Waals surface area contributed by atoms with E-state index in [-0.39, 0.29) is 18.3 Å². The van der Waals surface area contributed by atoms with E-state index >= 15 is 0 Å². The van der Waals surface area contributed by atoms with Gasteiger partial charge in [0.2, 0.25) is 0 Å². The van der Waals surface area contributed by atoms with E-state index in [2.05, 4.69) is 98.8 Å². The predicted octanol–water partition coefficient (Wildman–Crippen LogP) is 4.31. The first-order valence-corrected chi connectivity index (χ1v) is 12.1.